The molecule has 3 heterocycles. The first-order chi connectivity index (χ1) is 16.0. The zero-order chi connectivity index (χ0) is 23.0. The fraction of sp³-hybridized carbons (Fsp3) is 0.348. The summed E-state index contributed by atoms with van der Waals surface area (Å²) >= 11 is 0. The molecular formula is C23H25F2N7O+2. The van der Waals surface area contributed by atoms with Gasteiger partial charge >= 0.3 is 6.33 Å². The average molecular weight is 453 g/mol. The molecule has 0 saturated carbocycles. The molecule has 5 rings (SSSR count). The van der Waals surface area contributed by atoms with Crippen molar-refractivity contribution in [1.82, 2.24) is 15.0 Å². The maximum Gasteiger partial charge on any atom is 0.306 e. The lowest BCUT2D eigenvalue weighted by Crippen LogP contribution is -2.60. The molecule has 2 N–H and O–H groups in total. The Morgan fingerprint density at radius 3 is 2.79 bits per heavy atom. The van der Waals surface area contributed by atoms with E-state index >= 15 is 0 Å². The predicted molar refractivity (Wildman–Crippen MR) is 114 cm³/mol. The monoisotopic (exact) mass is 453 g/mol. The Kier molecular flexibility index (Phi) is 5.55. The van der Waals surface area contributed by atoms with Gasteiger partial charge in [0.2, 0.25) is 6.33 Å². The van der Waals surface area contributed by atoms with E-state index in [1.165, 1.54) is 24.8 Å². The highest BCUT2D eigenvalue weighted by Crippen LogP contribution is 2.34. The smallest absolute Gasteiger partial charge is 0.306 e. The predicted octanol–water partition coefficient (Wildman–Crippen LogP) is 2.14. The molecule has 3 aromatic rings. The third kappa shape index (κ3) is 3.96. The zero-order valence-corrected chi connectivity index (χ0v) is 18.1. The second kappa shape index (κ2) is 8.53. The Morgan fingerprint density at radius 2 is 2.06 bits per heavy atom. The van der Waals surface area contributed by atoms with Gasteiger partial charge in [-0.2, -0.15) is 9.78 Å². The van der Waals surface area contributed by atoms with Gasteiger partial charge in [0.05, 0.1) is 6.54 Å². The Bertz CT molecular complexity index is 1200. The van der Waals surface area contributed by atoms with Crippen molar-refractivity contribution in [1.29, 1.82) is 0 Å². The van der Waals surface area contributed by atoms with Gasteiger partial charge in [0.15, 0.2) is 5.71 Å². The Hall–Kier alpha value is -3.37. The quantitative estimate of drug-likeness (QED) is 0.561. The lowest BCUT2D eigenvalue weighted by molar-refractivity contribution is -0.765. The number of aromatic amines is 1. The van der Waals surface area contributed by atoms with Crippen LogP contribution in [0.3, 0.4) is 0 Å². The summed E-state index contributed by atoms with van der Waals surface area (Å²) in [6.07, 6.45) is 3.00. The van der Waals surface area contributed by atoms with Crippen molar-refractivity contribution < 1.29 is 23.3 Å². The van der Waals surface area contributed by atoms with Crippen LogP contribution in [0.25, 0.3) is 0 Å². The molecule has 10 heteroatoms. The van der Waals surface area contributed by atoms with Gasteiger partial charge < -0.3 is 5.11 Å². The van der Waals surface area contributed by atoms with E-state index in [0.29, 0.717) is 19.6 Å². The van der Waals surface area contributed by atoms with Crippen LogP contribution in [0.1, 0.15) is 24.1 Å². The molecule has 1 unspecified atom stereocenters. The SMILES string of the molecule is C[C@@H](N1CC[N+]2=C(C1)C(c1ccccc1)N=N2)[C@](O)(C[n+]1cnc[nH]1)c1ccc(F)cc1F. The molecule has 0 fully saturated rings. The number of benzene rings is 2. The largest absolute Gasteiger partial charge is 0.379 e. The fourth-order valence-electron chi connectivity index (χ4n) is 4.66. The highest BCUT2D eigenvalue weighted by Gasteiger charge is 2.47. The van der Waals surface area contributed by atoms with Crippen LogP contribution >= 0.6 is 0 Å². The number of hydrogen-bond acceptors (Lipinski definition) is 5. The van der Waals surface area contributed by atoms with Gasteiger partial charge in [-0.1, -0.05) is 36.4 Å². The molecule has 33 heavy (non-hydrogen) atoms. The zero-order valence-electron chi connectivity index (χ0n) is 18.1. The number of nitrogens with one attached hydrogen (secondary N) is 1. The number of nitrogens with zero attached hydrogens (tertiary/aromatic N) is 6. The van der Waals surface area contributed by atoms with Crippen LogP contribution in [-0.2, 0) is 12.1 Å². The minimum absolute atomic E-state index is 0.0170. The summed E-state index contributed by atoms with van der Waals surface area (Å²) in [5, 5.41) is 23.6. The van der Waals surface area contributed by atoms with E-state index in [2.05, 4.69) is 25.3 Å². The summed E-state index contributed by atoms with van der Waals surface area (Å²) in [4.78, 5) is 6.08. The van der Waals surface area contributed by atoms with Crippen molar-refractivity contribution in [2.75, 3.05) is 19.6 Å². The molecule has 0 aliphatic carbocycles. The van der Waals surface area contributed by atoms with Crippen molar-refractivity contribution >= 4 is 5.71 Å². The summed E-state index contributed by atoms with van der Waals surface area (Å²) in [6, 6.07) is 12.5. The molecule has 0 saturated heterocycles. The van der Waals surface area contributed by atoms with E-state index in [9.17, 15) is 13.9 Å². The van der Waals surface area contributed by atoms with Crippen molar-refractivity contribution in [2.45, 2.75) is 31.2 Å². The molecule has 0 radical (unpaired) electrons. The van der Waals surface area contributed by atoms with Gasteiger partial charge in [-0.25, -0.2) is 8.78 Å². The van der Waals surface area contributed by atoms with Gasteiger partial charge in [0.25, 0.3) is 6.04 Å². The van der Waals surface area contributed by atoms with E-state index in [1.807, 2.05) is 41.9 Å². The molecule has 0 amide bonds. The molecule has 170 valence electrons. The Morgan fingerprint density at radius 1 is 1.24 bits per heavy atom. The molecule has 8 nitrogen and oxygen atoms in total. The van der Waals surface area contributed by atoms with E-state index in [1.54, 1.807) is 4.68 Å². The maximum absolute atomic E-state index is 14.9. The van der Waals surface area contributed by atoms with Crippen molar-refractivity contribution in [2.24, 2.45) is 10.3 Å². The first-order valence-electron chi connectivity index (χ1n) is 10.8. The Labute approximate surface area is 189 Å². The number of aliphatic hydroxyl groups is 1. The van der Waals surface area contributed by atoms with Crippen molar-refractivity contribution in [3.63, 3.8) is 0 Å². The van der Waals surface area contributed by atoms with Gasteiger partial charge in [-0.05, 0) is 18.0 Å². The third-order valence-electron chi connectivity index (χ3n) is 6.55. The molecule has 0 bridgehead atoms. The van der Waals surface area contributed by atoms with Crippen LogP contribution in [0.2, 0.25) is 0 Å². The van der Waals surface area contributed by atoms with Crippen LogP contribution in [0.15, 0.2) is 71.5 Å². The van der Waals surface area contributed by atoms with Crippen molar-refractivity contribution in [3.05, 3.63) is 83.9 Å². The lowest BCUT2D eigenvalue weighted by Gasteiger charge is -2.41. The number of aromatic nitrogens is 3. The van der Waals surface area contributed by atoms with Gasteiger partial charge in [-0.15, -0.1) is 4.68 Å². The minimum atomic E-state index is -1.66. The standard InChI is InChI=1S/C23H24F2N7O/c1-16(23(33,13-31-15-26-14-27-31)19-8-7-18(24)11-20(19)25)30-9-10-32-21(12-30)22(28-29-32)17-5-3-2-4-6-17/h2-8,11,14-16,22,33H,9-10,12-13H2,1H3/q+1/p+1/t16-,22?,23-/m1/s1. The summed E-state index contributed by atoms with van der Waals surface area (Å²) in [5.74, 6) is -1.48. The van der Waals surface area contributed by atoms with Crippen LogP contribution < -0.4 is 4.68 Å². The number of hydrogen-bond donors (Lipinski definition) is 2. The summed E-state index contributed by atoms with van der Waals surface area (Å²) in [6.45, 7) is 3.59. The molecule has 2 aromatic carbocycles. The maximum atomic E-state index is 14.9. The Balaban J connectivity index is 1.47. The average Bonchev–Trinajstić information content (AvgIpc) is 3.48. The van der Waals surface area contributed by atoms with Crippen LogP contribution in [0.4, 0.5) is 8.78 Å². The van der Waals surface area contributed by atoms with Gasteiger partial charge in [-0.3, -0.25) is 4.90 Å². The first-order valence-corrected chi connectivity index (χ1v) is 10.8. The van der Waals surface area contributed by atoms with Crippen LogP contribution in [-0.4, -0.2) is 56.2 Å². The molecule has 2 aliphatic rings. The van der Waals surface area contributed by atoms with Crippen LogP contribution in [0, 0.1) is 11.6 Å². The highest BCUT2D eigenvalue weighted by atomic mass is 19.1. The lowest BCUT2D eigenvalue weighted by atomic mass is 9.85. The summed E-state index contributed by atoms with van der Waals surface area (Å²) < 4.78 is 32.0. The topological polar surface area (TPSA) is 83.8 Å². The van der Waals surface area contributed by atoms with Gasteiger partial charge in [0.1, 0.15) is 35.5 Å². The third-order valence-corrected chi connectivity index (χ3v) is 6.55. The highest BCUT2D eigenvalue weighted by molar-refractivity contribution is 5.89. The molecular weight excluding hydrogens is 428 g/mol. The molecule has 1 aromatic heterocycles. The number of rotatable bonds is 6. The second-order valence-electron chi connectivity index (χ2n) is 8.48. The number of H-pyrrole nitrogens is 1. The minimum Gasteiger partial charge on any atom is -0.379 e. The first kappa shape index (κ1) is 21.5. The molecule has 2 aliphatic heterocycles. The molecule has 0 spiro atoms. The molecule has 3 atom stereocenters. The summed E-state index contributed by atoms with van der Waals surface area (Å²) in [5.41, 5.74) is 0.426. The van der Waals surface area contributed by atoms with E-state index in [4.69, 9.17) is 0 Å². The van der Waals surface area contributed by atoms with E-state index < -0.39 is 23.3 Å². The van der Waals surface area contributed by atoms with Gasteiger partial charge in [0, 0.05) is 34.9 Å². The fourth-order valence-corrected chi connectivity index (χ4v) is 4.66. The number of halogens is 2. The van der Waals surface area contributed by atoms with Crippen LogP contribution in [0.5, 0.6) is 0 Å². The van der Waals surface area contributed by atoms with Crippen molar-refractivity contribution in [3.8, 4) is 0 Å². The van der Waals surface area contributed by atoms with E-state index in [-0.39, 0.29) is 18.2 Å². The summed E-state index contributed by atoms with van der Waals surface area (Å²) in [7, 11) is 0. The second-order valence-corrected chi connectivity index (χ2v) is 8.48. The van der Waals surface area contributed by atoms with E-state index in [0.717, 1.165) is 17.3 Å². The normalized spacial score (nSPS) is 21.2.